The molecule has 254 valence electrons. The zero-order chi connectivity index (χ0) is 34.3. The van der Waals surface area contributed by atoms with Gasteiger partial charge in [-0.25, -0.2) is 0 Å². The maximum absolute atomic E-state index is 15.0. The van der Waals surface area contributed by atoms with Crippen LogP contribution in [0.15, 0.2) is 95.5 Å². The Hall–Kier alpha value is -4.32. The lowest BCUT2D eigenvalue weighted by molar-refractivity contribution is -0.161. The first kappa shape index (κ1) is 33.2. The van der Waals surface area contributed by atoms with Crippen LogP contribution in [0.4, 0.5) is 5.69 Å². The van der Waals surface area contributed by atoms with E-state index < -0.39 is 53.6 Å². The molecule has 4 aliphatic rings. The van der Waals surface area contributed by atoms with Crippen molar-refractivity contribution in [1.29, 1.82) is 0 Å². The van der Waals surface area contributed by atoms with E-state index in [1.165, 1.54) is 4.90 Å². The number of allylic oxidation sites excluding steroid dienone is 1. The molecule has 0 unspecified atom stereocenters. The molecule has 2 fully saturated rings. The summed E-state index contributed by atoms with van der Waals surface area (Å²) in [5, 5.41) is 14.7. The number of hydrogen-bond donors (Lipinski definition) is 2. The number of nitrogens with zero attached hydrogens (tertiary/aromatic N) is 2. The Morgan fingerprint density at radius 2 is 1.69 bits per heavy atom. The van der Waals surface area contributed by atoms with Crippen LogP contribution in [0.1, 0.15) is 37.9 Å². The summed E-state index contributed by atoms with van der Waals surface area (Å²) < 4.78 is 13.4. The topological polar surface area (TPSA) is 125 Å². The number of amides is 3. The van der Waals surface area contributed by atoms with Crippen molar-refractivity contribution in [1.82, 2.24) is 10.2 Å². The molecule has 11 heteroatoms. The van der Waals surface area contributed by atoms with Crippen molar-refractivity contribution in [3.63, 3.8) is 0 Å². The van der Waals surface area contributed by atoms with Crippen molar-refractivity contribution in [2.24, 2.45) is 11.8 Å². The van der Waals surface area contributed by atoms with Crippen LogP contribution in [-0.2, 0) is 28.7 Å². The predicted octanol–water partition coefficient (Wildman–Crippen LogP) is 4.57. The fraction of sp³-hybridized carbons (Fsp3) is 0.368. The number of anilines is 1. The van der Waals surface area contributed by atoms with Gasteiger partial charge >= 0.3 is 5.97 Å². The molecule has 3 amide bonds. The van der Waals surface area contributed by atoms with Crippen molar-refractivity contribution < 1.29 is 33.8 Å². The van der Waals surface area contributed by atoms with Gasteiger partial charge in [0.1, 0.15) is 29.8 Å². The summed E-state index contributed by atoms with van der Waals surface area (Å²) in [4.78, 5) is 60.0. The lowest BCUT2D eigenvalue weighted by Gasteiger charge is -2.36. The number of esters is 1. The summed E-state index contributed by atoms with van der Waals surface area (Å²) >= 11 is 3.60. The fourth-order valence-electron chi connectivity index (χ4n) is 7.78. The maximum atomic E-state index is 15.0. The number of carbonyl (C=O) groups is 4. The molecule has 2 saturated heterocycles. The van der Waals surface area contributed by atoms with Gasteiger partial charge < -0.3 is 29.7 Å². The van der Waals surface area contributed by atoms with Gasteiger partial charge in [-0.1, -0.05) is 88.7 Å². The van der Waals surface area contributed by atoms with Gasteiger partial charge in [0.15, 0.2) is 0 Å². The van der Waals surface area contributed by atoms with Gasteiger partial charge in [-0.05, 0) is 54.3 Å². The third-order valence-electron chi connectivity index (χ3n) is 10.0. The number of cyclic esters (lactones) is 1. The number of carbonyl (C=O) groups excluding carboxylic acids is 4. The monoisotopic (exact) mass is 727 g/mol. The maximum Gasteiger partial charge on any atom is 0.313 e. The number of halogens is 1. The number of likely N-dealkylation sites (tertiary alicyclic amines) is 1. The summed E-state index contributed by atoms with van der Waals surface area (Å²) in [6, 6.07) is 21.1. The van der Waals surface area contributed by atoms with Crippen LogP contribution in [0.25, 0.3) is 10.8 Å². The van der Waals surface area contributed by atoms with Crippen LogP contribution in [0, 0.1) is 11.8 Å². The number of benzene rings is 3. The Bertz CT molecular complexity index is 1850. The minimum absolute atomic E-state index is 0.0996. The summed E-state index contributed by atoms with van der Waals surface area (Å²) in [5.74, 6) is -3.73. The van der Waals surface area contributed by atoms with E-state index >= 15 is 4.79 Å². The summed E-state index contributed by atoms with van der Waals surface area (Å²) in [7, 11) is 0. The Labute approximate surface area is 292 Å². The molecule has 3 aromatic rings. The average Bonchev–Trinajstić information content (AvgIpc) is 3.70. The van der Waals surface area contributed by atoms with Crippen molar-refractivity contribution in [3.05, 3.63) is 101 Å². The van der Waals surface area contributed by atoms with Gasteiger partial charge in [0.2, 0.25) is 11.8 Å². The zero-order valence-electron chi connectivity index (χ0n) is 27.0. The first-order chi connectivity index (χ1) is 23.7. The Morgan fingerprint density at radius 3 is 2.47 bits per heavy atom. The van der Waals surface area contributed by atoms with Crippen LogP contribution in [-0.4, -0.2) is 77.2 Å². The average molecular weight is 729 g/mol. The molecule has 7 atom stereocenters. The Balaban J connectivity index is 1.34. The number of rotatable bonds is 5. The highest BCUT2D eigenvalue weighted by molar-refractivity contribution is 9.11. The molecule has 0 aliphatic carbocycles. The van der Waals surface area contributed by atoms with Crippen LogP contribution >= 0.6 is 15.9 Å². The van der Waals surface area contributed by atoms with Gasteiger partial charge in [0.25, 0.3) is 5.91 Å². The van der Waals surface area contributed by atoms with Crippen LogP contribution < -0.4 is 10.2 Å². The molecule has 3 aromatic carbocycles. The second-order valence-electron chi connectivity index (χ2n) is 13.1. The summed E-state index contributed by atoms with van der Waals surface area (Å²) in [6.45, 7) is 1.87. The molecule has 5 bridgehead atoms. The predicted molar refractivity (Wildman–Crippen MR) is 186 cm³/mol. The minimum Gasteiger partial charge on any atom is -0.455 e. The molecule has 4 aliphatic heterocycles. The van der Waals surface area contributed by atoms with E-state index in [2.05, 4.69) is 21.2 Å². The first-order valence-electron chi connectivity index (χ1n) is 16.7. The second kappa shape index (κ2) is 13.5. The normalized spacial score (nSPS) is 31.0. The molecular weight excluding hydrogens is 690 g/mol. The summed E-state index contributed by atoms with van der Waals surface area (Å²) in [6.07, 6.45) is 4.67. The number of nitrogens with one attached hydrogen (secondary N) is 1. The third-order valence-corrected chi connectivity index (χ3v) is 10.7. The number of aliphatic hydroxyl groups is 1. The second-order valence-corrected chi connectivity index (χ2v) is 14.0. The van der Waals surface area contributed by atoms with Crippen molar-refractivity contribution in [3.8, 4) is 0 Å². The van der Waals surface area contributed by atoms with E-state index in [4.69, 9.17) is 9.47 Å². The van der Waals surface area contributed by atoms with Crippen LogP contribution in [0.5, 0.6) is 0 Å². The first-order valence-corrected chi connectivity index (χ1v) is 17.5. The largest absolute Gasteiger partial charge is 0.455 e. The Kier molecular flexibility index (Phi) is 9.17. The highest BCUT2D eigenvalue weighted by atomic mass is 79.9. The van der Waals surface area contributed by atoms with E-state index in [0.717, 1.165) is 10.8 Å². The number of aliphatic hydroxyl groups excluding tert-OH is 1. The molecule has 0 radical (unpaired) electrons. The van der Waals surface area contributed by atoms with Gasteiger partial charge in [0.05, 0.1) is 12.0 Å². The molecule has 7 rings (SSSR count). The zero-order valence-corrected chi connectivity index (χ0v) is 28.6. The molecule has 10 nitrogen and oxygen atoms in total. The molecule has 2 N–H and O–H groups in total. The van der Waals surface area contributed by atoms with Gasteiger partial charge in [-0.2, -0.15) is 0 Å². The smallest absolute Gasteiger partial charge is 0.313 e. The van der Waals surface area contributed by atoms with E-state index in [1.54, 1.807) is 17.9 Å². The molecule has 4 heterocycles. The van der Waals surface area contributed by atoms with Gasteiger partial charge in [-0.3, -0.25) is 19.2 Å². The molecule has 0 aromatic heterocycles. The van der Waals surface area contributed by atoms with Crippen LogP contribution in [0.2, 0.25) is 0 Å². The van der Waals surface area contributed by atoms with Crippen molar-refractivity contribution in [2.75, 3.05) is 24.6 Å². The fourth-order valence-corrected chi connectivity index (χ4v) is 8.52. The minimum atomic E-state index is -1.45. The van der Waals surface area contributed by atoms with E-state index in [0.29, 0.717) is 22.2 Å². The lowest BCUT2D eigenvalue weighted by atomic mass is 9.74. The number of hydrogen-bond acceptors (Lipinski definition) is 7. The highest BCUT2D eigenvalue weighted by Crippen LogP contribution is 2.59. The van der Waals surface area contributed by atoms with E-state index in [1.807, 2.05) is 84.9 Å². The molecule has 0 saturated carbocycles. The lowest BCUT2D eigenvalue weighted by Crippen LogP contribution is -2.56. The van der Waals surface area contributed by atoms with E-state index in [-0.39, 0.29) is 44.4 Å². The SMILES string of the molecule is C[C@H]1NC(=O)CC/C=C\CN(c2ccc3ccccc3c2)C(=O)[C@@H]2N(CCCO)C(=O)[C@H]3[C@H](C(=O)O[C@@H]1c1ccccc1)[C@H]1O[C@@]23C=C1Br. The van der Waals surface area contributed by atoms with Crippen molar-refractivity contribution >= 4 is 56.1 Å². The highest BCUT2D eigenvalue weighted by Gasteiger charge is 2.75. The van der Waals surface area contributed by atoms with Crippen molar-refractivity contribution in [2.45, 2.75) is 56.1 Å². The summed E-state index contributed by atoms with van der Waals surface area (Å²) in [5.41, 5.74) is -0.133. The number of fused-ring (bicyclic) bond motifs is 3. The number of ether oxygens (including phenoxy) is 2. The Morgan fingerprint density at radius 1 is 0.939 bits per heavy atom. The molecule has 1 spiro atoms. The third kappa shape index (κ3) is 5.87. The quantitative estimate of drug-likeness (QED) is 0.292. The van der Waals surface area contributed by atoms with Gasteiger partial charge in [0, 0.05) is 36.3 Å². The standard InChI is InChI=1S/C38H38BrN3O7/c1-23-32(25-12-4-2-5-13-25)48-37(47)30-31-35(45)42(19-10-20-43)34(38(31)22-28(39)33(30)49-38)36(46)41(18-9-3-6-15-29(44)40-23)27-17-16-24-11-7-8-14-26(24)21-27/h2-5,7-9,11-14,16-17,21-23,30-34,43H,6,10,15,18-20H2,1H3,(H,40,44)/b9-3-/t23-,30+,31-,32+,33+,34+,38-/m1/s1. The molecular formula is C38H38BrN3O7. The molecule has 49 heavy (non-hydrogen) atoms. The van der Waals surface area contributed by atoms with Gasteiger partial charge in [-0.15, -0.1) is 0 Å². The van der Waals surface area contributed by atoms with Crippen LogP contribution in [0.3, 0.4) is 0 Å². The van der Waals surface area contributed by atoms with E-state index in [9.17, 15) is 19.5 Å².